The van der Waals surface area contributed by atoms with Gasteiger partial charge in [-0.1, -0.05) is 12.8 Å². The van der Waals surface area contributed by atoms with Crippen molar-refractivity contribution in [1.82, 2.24) is 0 Å². The van der Waals surface area contributed by atoms with Crippen molar-refractivity contribution in [1.29, 1.82) is 0 Å². The lowest BCUT2D eigenvalue weighted by molar-refractivity contribution is -0.440. The first-order valence-corrected chi connectivity index (χ1v) is 10.6. The van der Waals surface area contributed by atoms with Gasteiger partial charge in [0, 0.05) is 12.8 Å². The minimum atomic E-state index is -8.23. The zero-order chi connectivity index (χ0) is 36.2. The number of halogens is 26. The summed E-state index contributed by atoms with van der Waals surface area (Å²) in [6.45, 7) is 0. The van der Waals surface area contributed by atoms with Gasteiger partial charge in [-0.25, -0.2) is 0 Å². The molecule has 0 N–H and O–H groups in total. The maximum Gasteiger partial charge on any atom is 0.460 e. The second-order valence-electron chi connectivity index (χ2n) is 8.91. The minimum Gasteiger partial charge on any atom is -0.200 e. The average Bonchev–Trinajstić information content (AvgIpc) is 2.78. The zero-order valence-electron chi connectivity index (χ0n) is 20.1. The summed E-state index contributed by atoms with van der Waals surface area (Å²) in [5.41, 5.74) is 0. The highest BCUT2D eigenvalue weighted by Crippen LogP contribution is 2.62. The van der Waals surface area contributed by atoms with E-state index in [0.29, 0.717) is 0 Å². The maximum atomic E-state index is 13.6. The monoisotopic (exact) mass is 722 g/mol. The van der Waals surface area contributed by atoms with E-state index in [-0.39, 0.29) is 0 Å². The predicted molar refractivity (Wildman–Crippen MR) is 89.3 cm³/mol. The molecule has 0 aliphatic carbocycles. The molecule has 0 aliphatic rings. The van der Waals surface area contributed by atoms with E-state index in [2.05, 4.69) is 0 Å². The molecule has 0 atom stereocenters. The van der Waals surface area contributed by atoms with Gasteiger partial charge in [0.15, 0.2) is 0 Å². The lowest BCUT2D eigenvalue weighted by Gasteiger charge is -2.40. The van der Waals surface area contributed by atoms with E-state index in [1.165, 1.54) is 0 Å². The normalized spacial score (nSPS) is 16.5. The molecule has 0 bridgehead atoms. The molecule has 0 aliphatic heterocycles. The van der Waals surface area contributed by atoms with Crippen LogP contribution in [0.5, 0.6) is 0 Å². The van der Waals surface area contributed by atoms with Crippen molar-refractivity contribution in [2.45, 2.75) is 110 Å². The van der Waals surface area contributed by atoms with E-state index in [0.717, 1.165) is 0 Å². The van der Waals surface area contributed by atoms with E-state index in [1.54, 1.807) is 0 Å². The van der Waals surface area contributed by atoms with Crippen LogP contribution in [0.1, 0.15) is 38.5 Å². The SMILES string of the molecule is FC(F)(F)C(F)(F)C(F)(F)C(F)(F)C(F)(F)C(F)(F)CCCCCCC(F)(F)C(F)(F)C(F)(F)C(F)(F)C(F)(F)C(F)(F)F. The molecule has 0 saturated heterocycles. The summed E-state index contributed by atoms with van der Waals surface area (Å²) in [4.78, 5) is 0. The Morgan fingerprint density at radius 3 is 0.568 bits per heavy atom. The summed E-state index contributed by atoms with van der Waals surface area (Å²) >= 11 is 0. The van der Waals surface area contributed by atoms with Crippen molar-refractivity contribution >= 4 is 0 Å². The van der Waals surface area contributed by atoms with Gasteiger partial charge in [-0.15, -0.1) is 0 Å². The Morgan fingerprint density at radius 1 is 0.205 bits per heavy atom. The van der Waals surface area contributed by atoms with Crippen LogP contribution in [0.25, 0.3) is 0 Å². The molecular weight excluding hydrogens is 710 g/mol. The maximum absolute atomic E-state index is 13.6. The molecule has 266 valence electrons. The van der Waals surface area contributed by atoms with Crippen molar-refractivity contribution in [2.24, 2.45) is 0 Å². The van der Waals surface area contributed by atoms with E-state index in [9.17, 15) is 114 Å². The molecule has 0 spiro atoms. The van der Waals surface area contributed by atoms with Gasteiger partial charge in [-0.05, 0) is 12.8 Å². The van der Waals surface area contributed by atoms with Crippen molar-refractivity contribution in [2.75, 3.05) is 0 Å². The fourth-order valence-electron chi connectivity index (χ4n) is 2.97. The topological polar surface area (TPSA) is 0 Å². The summed E-state index contributed by atoms with van der Waals surface area (Å²) < 4.78 is 337. The summed E-state index contributed by atoms with van der Waals surface area (Å²) in [6, 6.07) is 0. The molecule has 0 heterocycles. The third-order valence-electron chi connectivity index (χ3n) is 5.73. The van der Waals surface area contributed by atoms with Gasteiger partial charge in [0.1, 0.15) is 0 Å². The molecule has 0 saturated carbocycles. The van der Waals surface area contributed by atoms with Crippen LogP contribution >= 0.6 is 0 Å². The average molecular weight is 722 g/mol. The van der Waals surface area contributed by atoms with E-state index in [1.807, 2.05) is 0 Å². The highest BCUT2D eigenvalue weighted by molar-refractivity contribution is 5.11. The van der Waals surface area contributed by atoms with Crippen LogP contribution in [0.2, 0.25) is 0 Å². The summed E-state index contributed by atoms with van der Waals surface area (Å²) in [5, 5.41) is 0. The van der Waals surface area contributed by atoms with E-state index < -0.39 is 110 Å². The molecule has 26 heteroatoms. The van der Waals surface area contributed by atoms with Crippen LogP contribution in [-0.4, -0.2) is 71.6 Å². The standard InChI is InChI=1S/C18H12F26/c19-7(20,9(23,24)11(27,28)13(31,32)15(35,36)17(39,40)41)5-3-1-2-4-6-8(21,22)10(25,26)12(29,30)14(33,34)16(37,38)18(42,43)44/h1-6H2. The Labute approximate surface area is 225 Å². The summed E-state index contributed by atoms with van der Waals surface area (Å²) in [5.74, 6) is -77.5. The molecular formula is C18H12F26. The molecule has 0 nitrogen and oxygen atoms in total. The van der Waals surface area contributed by atoms with Gasteiger partial charge in [0.2, 0.25) is 0 Å². The molecule has 44 heavy (non-hydrogen) atoms. The largest absolute Gasteiger partial charge is 0.460 e. The fourth-order valence-corrected chi connectivity index (χ4v) is 2.97. The molecule has 0 aromatic heterocycles. The van der Waals surface area contributed by atoms with Crippen molar-refractivity contribution in [3.8, 4) is 0 Å². The number of hydrogen-bond acceptors (Lipinski definition) is 0. The zero-order valence-corrected chi connectivity index (χ0v) is 20.1. The first-order valence-electron chi connectivity index (χ1n) is 10.6. The van der Waals surface area contributed by atoms with Gasteiger partial charge in [-0.3, -0.25) is 0 Å². The van der Waals surface area contributed by atoms with Crippen molar-refractivity contribution in [3.63, 3.8) is 0 Å². The van der Waals surface area contributed by atoms with Crippen LogP contribution in [0.4, 0.5) is 114 Å². The van der Waals surface area contributed by atoms with Crippen molar-refractivity contribution < 1.29 is 114 Å². The third kappa shape index (κ3) is 6.27. The molecule has 0 aromatic carbocycles. The molecule has 0 rings (SSSR count). The van der Waals surface area contributed by atoms with Crippen LogP contribution < -0.4 is 0 Å². The number of hydrogen-bond donors (Lipinski definition) is 0. The quantitative estimate of drug-likeness (QED) is 0.117. The Bertz CT molecular complexity index is 886. The second-order valence-corrected chi connectivity index (χ2v) is 8.91. The molecule has 0 radical (unpaired) electrons. The van der Waals surface area contributed by atoms with Gasteiger partial charge in [0.05, 0.1) is 0 Å². The molecule has 0 aromatic rings. The van der Waals surface area contributed by atoms with Crippen LogP contribution in [-0.2, 0) is 0 Å². The van der Waals surface area contributed by atoms with E-state index >= 15 is 0 Å². The van der Waals surface area contributed by atoms with Crippen molar-refractivity contribution in [3.05, 3.63) is 0 Å². The highest BCUT2D eigenvalue weighted by Gasteiger charge is 2.91. The molecule has 0 fully saturated rings. The summed E-state index contributed by atoms with van der Waals surface area (Å²) in [6.07, 6.45) is -27.6. The highest BCUT2D eigenvalue weighted by atomic mass is 19.4. The Morgan fingerprint density at radius 2 is 0.386 bits per heavy atom. The van der Waals surface area contributed by atoms with E-state index in [4.69, 9.17) is 0 Å². The predicted octanol–water partition coefficient (Wildman–Crippen LogP) is 10.8. The molecule has 0 amide bonds. The number of unbranched alkanes of at least 4 members (excludes halogenated alkanes) is 3. The first kappa shape index (κ1) is 42.2. The Hall–Kier alpha value is -1.82. The smallest absolute Gasteiger partial charge is 0.200 e. The van der Waals surface area contributed by atoms with Crippen LogP contribution in [0.3, 0.4) is 0 Å². The fraction of sp³-hybridized carbons (Fsp3) is 1.00. The van der Waals surface area contributed by atoms with Gasteiger partial charge < -0.3 is 0 Å². The van der Waals surface area contributed by atoms with Gasteiger partial charge in [-0.2, -0.15) is 114 Å². The lowest BCUT2D eigenvalue weighted by atomic mass is 9.90. The Balaban J connectivity index is 5.62. The molecule has 0 unspecified atom stereocenters. The number of alkyl halides is 26. The van der Waals surface area contributed by atoms with Gasteiger partial charge in [0.25, 0.3) is 0 Å². The van der Waals surface area contributed by atoms with Crippen LogP contribution in [0.15, 0.2) is 0 Å². The second kappa shape index (κ2) is 11.5. The number of rotatable bonds is 15. The van der Waals surface area contributed by atoms with Crippen LogP contribution in [0, 0.1) is 0 Å². The third-order valence-corrected chi connectivity index (χ3v) is 5.73. The summed E-state index contributed by atoms with van der Waals surface area (Å²) in [7, 11) is 0. The lowest BCUT2D eigenvalue weighted by Crippen LogP contribution is -2.70. The Kier molecular flexibility index (Phi) is 11.0. The minimum absolute atomic E-state index is 1.41. The van der Waals surface area contributed by atoms with Gasteiger partial charge >= 0.3 is 71.6 Å². The first-order chi connectivity index (χ1) is 18.7.